The minimum atomic E-state index is -0.391. The maximum absolute atomic E-state index is 12.0. The largest absolute Gasteiger partial charge is 0.493 e. The normalized spacial score (nSPS) is 21.4. The molecule has 148 valence electrons. The van der Waals surface area contributed by atoms with Crippen LogP contribution in [-0.2, 0) is 17.8 Å². The standard InChI is InChI=1S/C20H30N4O3/c1-15(2)12-21-20(26)22-19(25)14-24-8-6-23(7-9-24)13-16-3-4-18-17(11-16)5-10-27-18/h3-4,11,15H,5-10,12-14H2,1-2H3,(H2,21,22,25,26)/p+2. The van der Waals surface area contributed by atoms with Crippen LogP contribution >= 0.6 is 0 Å². The zero-order valence-corrected chi connectivity index (χ0v) is 16.4. The highest BCUT2D eigenvalue weighted by Crippen LogP contribution is 2.25. The SMILES string of the molecule is CC(C)CNC(=O)NC(=O)C[NH+]1CC[NH+](Cc2ccc3c(c2)CCO3)CC1. The number of quaternary nitrogens is 2. The van der Waals surface area contributed by atoms with Crippen LogP contribution in [0.3, 0.4) is 0 Å². The van der Waals surface area contributed by atoms with Gasteiger partial charge < -0.3 is 19.9 Å². The lowest BCUT2D eigenvalue weighted by Crippen LogP contribution is -3.28. The summed E-state index contributed by atoms with van der Waals surface area (Å²) in [6.07, 6.45) is 1.01. The second-order valence-corrected chi connectivity index (χ2v) is 8.05. The molecule has 0 unspecified atom stereocenters. The third-order valence-corrected chi connectivity index (χ3v) is 5.21. The van der Waals surface area contributed by atoms with E-state index in [1.165, 1.54) is 16.0 Å². The van der Waals surface area contributed by atoms with Gasteiger partial charge in [0, 0.05) is 18.5 Å². The molecule has 2 heterocycles. The Morgan fingerprint density at radius 2 is 1.89 bits per heavy atom. The molecule has 7 nitrogen and oxygen atoms in total. The van der Waals surface area contributed by atoms with Crippen LogP contribution in [0.4, 0.5) is 4.79 Å². The van der Waals surface area contributed by atoms with Crippen LogP contribution in [-0.4, -0.2) is 57.8 Å². The van der Waals surface area contributed by atoms with Gasteiger partial charge in [-0.1, -0.05) is 13.8 Å². The fourth-order valence-corrected chi connectivity index (χ4v) is 3.69. The molecule has 0 aromatic heterocycles. The number of fused-ring (bicyclic) bond motifs is 1. The van der Waals surface area contributed by atoms with Crippen LogP contribution in [0, 0.1) is 5.92 Å². The van der Waals surface area contributed by atoms with Gasteiger partial charge in [0.1, 0.15) is 38.5 Å². The van der Waals surface area contributed by atoms with Crippen molar-refractivity contribution in [3.8, 4) is 5.75 Å². The van der Waals surface area contributed by atoms with Gasteiger partial charge in [-0.3, -0.25) is 10.1 Å². The number of nitrogens with one attached hydrogen (secondary N) is 4. The Balaban J connectivity index is 1.37. The van der Waals surface area contributed by atoms with E-state index in [2.05, 4.69) is 28.8 Å². The number of carbonyl (C=O) groups excluding carboxylic acids is 2. The van der Waals surface area contributed by atoms with Crippen LogP contribution in [0.25, 0.3) is 0 Å². The van der Waals surface area contributed by atoms with E-state index in [1.54, 1.807) is 4.90 Å². The van der Waals surface area contributed by atoms with Gasteiger partial charge in [0.25, 0.3) is 5.91 Å². The highest BCUT2D eigenvalue weighted by molar-refractivity contribution is 5.94. The Kier molecular flexibility index (Phi) is 6.68. The van der Waals surface area contributed by atoms with E-state index >= 15 is 0 Å². The zero-order chi connectivity index (χ0) is 19.2. The number of hydrogen-bond donors (Lipinski definition) is 4. The molecule has 0 bridgehead atoms. The molecule has 3 rings (SSSR count). The highest BCUT2D eigenvalue weighted by atomic mass is 16.5. The molecular weight excluding hydrogens is 344 g/mol. The minimum absolute atomic E-state index is 0.201. The molecule has 3 amide bonds. The van der Waals surface area contributed by atoms with Crippen molar-refractivity contribution in [1.29, 1.82) is 0 Å². The zero-order valence-electron chi connectivity index (χ0n) is 16.4. The molecule has 2 aliphatic rings. The predicted molar refractivity (Wildman–Crippen MR) is 102 cm³/mol. The van der Waals surface area contributed by atoms with Crippen LogP contribution < -0.4 is 25.2 Å². The van der Waals surface area contributed by atoms with E-state index in [1.807, 2.05) is 13.8 Å². The Bertz CT molecular complexity index is 669. The summed E-state index contributed by atoms with van der Waals surface area (Å²) in [5.41, 5.74) is 2.68. The maximum atomic E-state index is 12.0. The number of hydrogen-bond acceptors (Lipinski definition) is 3. The lowest BCUT2D eigenvalue weighted by molar-refractivity contribution is -1.02. The quantitative estimate of drug-likeness (QED) is 0.482. The molecule has 0 spiro atoms. The molecule has 1 aromatic carbocycles. The van der Waals surface area contributed by atoms with Gasteiger partial charge in [-0.2, -0.15) is 0 Å². The lowest BCUT2D eigenvalue weighted by Gasteiger charge is -2.29. The lowest BCUT2D eigenvalue weighted by atomic mass is 10.1. The first-order chi connectivity index (χ1) is 13.0. The molecular formula is C20H32N4O3+2. The van der Waals surface area contributed by atoms with Crippen molar-refractivity contribution in [2.24, 2.45) is 5.92 Å². The smallest absolute Gasteiger partial charge is 0.321 e. The van der Waals surface area contributed by atoms with Gasteiger partial charge in [0.05, 0.1) is 6.61 Å². The van der Waals surface area contributed by atoms with Crippen molar-refractivity contribution in [2.45, 2.75) is 26.8 Å². The number of carbonyl (C=O) groups is 2. The first-order valence-electron chi connectivity index (χ1n) is 9.99. The summed E-state index contributed by atoms with van der Waals surface area (Å²) < 4.78 is 5.57. The first-order valence-corrected chi connectivity index (χ1v) is 9.99. The average Bonchev–Trinajstić information content (AvgIpc) is 3.09. The maximum Gasteiger partial charge on any atom is 0.321 e. The summed E-state index contributed by atoms with van der Waals surface area (Å²) in [5.74, 6) is 1.20. The van der Waals surface area contributed by atoms with Crippen molar-refractivity contribution in [2.75, 3.05) is 45.9 Å². The summed E-state index contributed by atoms with van der Waals surface area (Å²) in [5, 5.41) is 5.14. The molecule has 0 saturated carbocycles. The summed E-state index contributed by atoms with van der Waals surface area (Å²) in [6, 6.07) is 6.14. The van der Waals surface area contributed by atoms with Gasteiger partial charge in [-0.25, -0.2) is 4.79 Å². The second-order valence-electron chi connectivity index (χ2n) is 8.05. The number of imide groups is 1. The molecule has 7 heteroatoms. The summed E-state index contributed by atoms with van der Waals surface area (Å²) in [6.45, 7) is 10.8. The van der Waals surface area contributed by atoms with Crippen molar-refractivity contribution in [3.05, 3.63) is 29.3 Å². The van der Waals surface area contributed by atoms with Crippen molar-refractivity contribution in [3.63, 3.8) is 0 Å². The number of piperazine rings is 1. The predicted octanol–water partition coefficient (Wildman–Crippen LogP) is -1.61. The van der Waals surface area contributed by atoms with Gasteiger partial charge in [-0.05, 0) is 29.7 Å². The third-order valence-electron chi connectivity index (χ3n) is 5.21. The fraction of sp³-hybridized carbons (Fsp3) is 0.600. The molecule has 1 fully saturated rings. The summed E-state index contributed by atoms with van der Waals surface area (Å²) >= 11 is 0. The summed E-state index contributed by atoms with van der Waals surface area (Å²) in [7, 11) is 0. The molecule has 0 radical (unpaired) electrons. The van der Waals surface area contributed by atoms with Gasteiger partial charge >= 0.3 is 6.03 Å². The Morgan fingerprint density at radius 3 is 2.63 bits per heavy atom. The van der Waals surface area contributed by atoms with E-state index < -0.39 is 6.03 Å². The monoisotopic (exact) mass is 376 g/mol. The Morgan fingerprint density at radius 1 is 1.15 bits per heavy atom. The first kappa shape index (κ1) is 19.6. The van der Waals surface area contributed by atoms with Gasteiger partial charge in [0.15, 0.2) is 6.54 Å². The van der Waals surface area contributed by atoms with Crippen LogP contribution in [0.2, 0.25) is 0 Å². The third kappa shape index (κ3) is 5.94. The van der Waals surface area contributed by atoms with Crippen LogP contribution in [0.1, 0.15) is 25.0 Å². The van der Waals surface area contributed by atoms with Crippen molar-refractivity contribution >= 4 is 11.9 Å². The van der Waals surface area contributed by atoms with E-state index in [-0.39, 0.29) is 5.91 Å². The fourth-order valence-electron chi connectivity index (χ4n) is 3.69. The topological polar surface area (TPSA) is 76.3 Å². The van der Waals surface area contributed by atoms with Crippen LogP contribution in [0.15, 0.2) is 18.2 Å². The average molecular weight is 377 g/mol. The number of rotatable bonds is 6. The number of benzene rings is 1. The molecule has 0 aliphatic carbocycles. The summed E-state index contributed by atoms with van der Waals surface area (Å²) in [4.78, 5) is 26.5. The molecule has 4 N–H and O–H groups in total. The number of amides is 3. The van der Waals surface area contributed by atoms with E-state index in [4.69, 9.17) is 4.74 Å². The van der Waals surface area contributed by atoms with Gasteiger partial charge in [0.2, 0.25) is 0 Å². The van der Waals surface area contributed by atoms with Crippen molar-refractivity contribution < 1.29 is 24.1 Å². The highest BCUT2D eigenvalue weighted by Gasteiger charge is 2.26. The number of ether oxygens (including phenoxy) is 1. The van der Waals surface area contributed by atoms with Crippen molar-refractivity contribution in [1.82, 2.24) is 10.6 Å². The minimum Gasteiger partial charge on any atom is -0.493 e. The molecule has 2 aliphatic heterocycles. The van der Waals surface area contributed by atoms with E-state index in [9.17, 15) is 9.59 Å². The van der Waals surface area contributed by atoms with Crippen LogP contribution in [0.5, 0.6) is 5.75 Å². The molecule has 0 atom stereocenters. The molecule has 1 aromatic rings. The molecule has 27 heavy (non-hydrogen) atoms. The molecule has 1 saturated heterocycles. The van der Waals surface area contributed by atoms with E-state index in [0.717, 1.165) is 51.5 Å². The number of urea groups is 1. The Hall–Kier alpha value is -2.12. The Labute approximate surface area is 161 Å². The van der Waals surface area contributed by atoms with E-state index in [0.29, 0.717) is 19.0 Å². The van der Waals surface area contributed by atoms with Gasteiger partial charge in [-0.15, -0.1) is 0 Å². The second kappa shape index (κ2) is 9.19.